The van der Waals surface area contributed by atoms with Crippen LogP contribution in [0.5, 0.6) is 0 Å². The lowest BCUT2D eigenvalue weighted by Crippen LogP contribution is -2.26. The number of hydrogen-bond donors (Lipinski definition) is 1. The molecular weight excluding hydrogens is 374 g/mol. The zero-order valence-electron chi connectivity index (χ0n) is 16.9. The second-order valence-corrected chi connectivity index (χ2v) is 7.35. The number of amides is 1. The molecule has 4 heteroatoms. The molecule has 1 amide bonds. The van der Waals surface area contributed by atoms with E-state index >= 15 is 0 Å². The summed E-state index contributed by atoms with van der Waals surface area (Å²) in [5, 5.41) is 4.09. The van der Waals surface area contributed by atoms with Gasteiger partial charge in [-0.25, -0.2) is 4.79 Å². The Labute approximate surface area is 175 Å². The van der Waals surface area contributed by atoms with Crippen LogP contribution >= 0.6 is 0 Å². The normalized spacial score (nSPS) is 10.8. The summed E-state index contributed by atoms with van der Waals surface area (Å²) in [6.07, 6.45) is 1.67. The molecule has 4 aromatic rings. The third-order valence-corrected chi connectivity index (χ3v) is 5.16. The van der Waals surface area contributed by atoms with Gasteiger partial charge >= 0.3 is 5.63 Å². The fourth-order valence-electron chi connectivity index (χ4n) is 3.59. The largest absolute Gasteiger partial charge is 0.416 e. The van der Waals surface area contributed by atoms with Crippen molar-refractivity contribution in [2.45, 2.75) is 19.8 Å². The minimum atomic E-state index is -0.504. The van der Waals surface area contributed by atoms with E-state index in [2.05, 4.69) is 17.4 Å². The minimum absolute atomic E-state index is 0.0577. The Morgan fingerprint density at radius 3 is 2.27 bits per heavy atom. The molecule has 0 atom stereocenters. The van der Waals surface area contributed by atoms with Crippen molar-refractivity contribution < 1.29 is 9.21 Å². The van der Waals surface area contributed by atoms with E-state index in [1.54, 1.807) is 12.1 Å². The maximum atomic E-state index is 13.0. The predicted molar refractivity (Wildman–Crippen MR) is 120 cm³/mol. The number of rotatable bonds is 6. The Kier molecular flexibility index (Phi) is 5.75. The van der Waals surface area contributed by atoms with E-state index in [1.165, 1.54) is 5.56 Å². The molecule has 150 valence electrons. The standard InChI is InChI=1S/C26H23NO3/c1-18-13-15-20(16-14-18)23-21-11-5-6-12-22(21)26(29)30-24(23)25(28)27-17-7-10-19-8-3-2-4-9-19/h2-6,8-9,11-16H,7,10,17H2,1H3,(H,27,28). The van der Waals surface area contributed by atoms with Gasteiger partial charge in [0.05, 0.1) is 5.39 Å². The Balaban J connectivity index is 1.64. The van der Waals surface area contributed by atoms with Crippen molar-refractivity contribution >= 4 is 16.7 Å². The van der Waals surface area contributed by atoms with Crippen molar-refractivity contribution in [1.82, 2.24) is 5.32 Å². The molecule has 3 aromatic carbocycles. The lowest BCUT2D eigenvalue weighted by atomic mass is 9.97. The smallest absolute Gasteiger partial charge is 0.344 e. The van der Waals surface area contributed by atoms with Crippen LogP contribution in [-0.2, 0) is 6.42 Å². The summed E-state index contributed by atoms with van der Waals surface area (Å²) >= 11 is 0. The van der Waals surface area contributed by atoms with Gasteiger partial charge in [0.1, 0.15) is 0 Å². The van der Waals surface area contributed by atoms with Crippen LogP contribution in [-0.4, -0.2) is 12.5 Å². The van der Waals surface area contributed by atoms with E-state index in [4.69, 9.17) is 4.42 Å². The first-order valence-electron chi connectivity index (χ1n) is 10.1. The average molecular weight is 397 g/mol. The van der Waals surface area contributed by atoms with Crippen LogP contribution in [0.2, 0.25) is 0 Å². The van der Waals surface area contributed by atoms with E-state index in [1.807, 2.05) is 61.5 Å². The van der Waals surface area contributed by atoms with Gasteiger partial charge in [-0.1, -0.05) is 78.4 Å². The zero-order chi connectivity index (χ0) is 20.9. The summed E-state index contributed by atoms with van der Waals surface area (Å²) in [5.41, 5.74) is 3.33. The molecule has 0 aliphatic rings. The van der Waals surface area contributed by atoms with Crippen molar-refractivity contribution in [3.8, 4) is 11.1 Å². The van der Waals surface area contributed by atoms with Gasteiger partial charge in [0.25, 0.3) is 5.91 Å². The molecule has 1 aromatic heterocycles. The van der Waals surface area contributed by atoms with Crippen LogP contribution in [0.1, 0.15) is 28.1 Å². The molecule has 4 nitrogen and oxygen atoms in total. The first kappa shape index (κ1) is 19.6. The molecule has 0 spiro atoms. The van der Waals surface area contributed by atoms with Gasteiger partial charge in [0, 0.05) is 17.5 Å². The van der Waals surface area contributed by atoms with Gasteiger partial charge < -0.3 is 9.73 Å². The third kappa shape index (κ3) is 4.18. The fraction of sp³-hybridized carbons (Fsp3) is 0.154. The topological polar surface area (TPSA) is 59.3 Å². The number of carbonyl (C=O) groups is 1. The van der Waals surface area contributed by atoms with Crippen molar-refractivity contribution in [3.05, 3.63) is 106 Å². The van der Waals surface area contributed by atoms with Crippen LogP contribution in [0.4, 0.5) is 0 Å². The number of aryl methyl sites for hydroxylation is 2. The van der Waals surface area contributed by atoms with E-state index in [0.717, 1.165) is 24.0 Å². The maximum Gasteiger partial charge on any atom is 0.344 e. The van der Waals surface area contributed by atoms with Crippen LogP contribution < -0.4 is 10.9 Å². The van der Waals surface area contributed by atoms with Gasteiger partial charge in [-0.2, -0.15) is 0 Å². The Morgan fingerprint density at radius 1 is 0.867 bits per heavy atom. The van der Waals surface area contributed by atoms with Crippen molar-refractivity contribution in [1.29, 1.82) is 0 Å². The number of nitrogens with one attached hydrogen (secondary N) is 1. The van der Waals surface area contributed by atoms with Crippen molar-refractivity contribution in [3.63, 3.8) is 0 Å². The monoisotopic (exact) mass is 397 g/mol. The lowest BCUT2D eigenvalue weighted by molar-refractivity contribution is 0.0922. The second kappa shape index (κ2) is 8.78. The van der Waals surface area contributed by atoms with E-state index < -0.39 is 5.63 Å². The highest BCUT2D eigenvalue weighted by Gasteiger charge is 2.21. The highest BCUT2D eigenvalue weighted by atomic mass is 16.4. The molecule has 0 unspecified atom stereocenters. The summed E-state index contributed by atoms with van der Waals surface area (Å²) in [7, 11) is 0. The van der Waals surface area contributed by atoms with Crippen LogP contribution in [0, 0.1) is 6.92 Å². The molecule has 0 saturated heterocycles. The number of carbonyl (C=O) groups excluding carboxylic acids is 1. The van der Waals surface area contributed by atoms with Crippen LogP contribution in [0.25, 0.3) is 21.9 Å². The van der Waals surface area contributed by atoms with Gasteiger partial charge in [-0.15, -0.1) is 0 Å². The zero-order valence-corrected chi connectivity index (χ0v) is 16.9. The fourth-order valence-corrected chi connectivity index (χ4v) is 3.59. The molecular formula is C26H23NO3. The van der Waals surface area contributed by atoms with E-state index in [9.17, 15) is 9.59 Å². The van der Waals surface area contributed by atoms with Crippen LogP contribution in [0.3, 0.4) is 0 Å². The number of fused-ring (bicyclic) bond motifs is 1. The Morgan fingerprint density at radius 2 is 1.53 bits per heavy atom. The van der Waals surface area contributed by atoms with Gasteiger partial charge in [-0.05, 0) is 37.0 Å². The minimum Gasteiger partial charge on any atom is -0.416 e. The Hall–Kier alpha value is -3.66. The summed E-state index contributed by atoms with van der Waals surface area (Å²) in [6.45, 7) is 2.50. The van der Waals surface area contributed by atoms with Gasteiger partial charge in [-0.3, -0.25) is 4.79 Å². The Bertz CT molecular complexity index is 1220. The van der Waals surface area contributed by atoms with Crippen LogP contribution in [0.15, 0.2) is 88.1 Å². The average Bonchev–Trinajstić information content (AvgIpc) is 2.78. The van der Waals surface area contributed by atoms with Crippen molar-refractivity contribution in [2.75, 3.05) is 6.54 Å². The summed E-state index contributed by atoms with van der Waals surface area (Å²) in [5.74, 6) is -0.316. The highest BCUT2D eigenvalue weighted by Crippen LogP contribution is 2.30. The molecule has 1 N–H and O–H groups in total. The third-order valence-electron chi connectivity index (χ3n) is 5.16. The molecule has 0 saturated carbocycles. The molecule has 0 bridgehead atoms. The first-order valence-corrected chi connectivity index (χ1v) is 10.1. The van der Waals surface area contributed by atoms with E-state index in [0.29, 0.717) is 22.9 Å². The lowest BCUT2D eigenvalue weighted by Gasteiger charge is -2.12. The van der Waals surface area contributed by atoms with Gasteiger partial charge in [0.15, 0.2) is 0 Å². The summed E-state index contributed by atoms with van der Waals surface area (Å²) in [4.78, 5) is 25.5. The van der Waals surface area contributed by atoms with E-state index in [-0.39, 0.29) is 11.7 Å². The number of benzene rings is 3. The molecule has 30 heavy (non-hydrogen) atoms. The SMILES string of the molecule is Cc1ccc(-c2c(C(=O)NCCCc3ccccc3)oc(=O)c3ccccc23)cc1. The molecule has 0 aliphatic carbocycles. The highest BCUT2D eigenvalue weighted by molar-refractivity contribution is 6.07. The first-order chi connectivity index (χ1) is 14.6. The van der Waals surface area contributed by atoms with Gasteiger partial charge in [0.2, 0.25) is 5.76 Å². The second-order valence-electron chi connectivity index (χ2n) is 7.35. The summed E-state index contributed by atoms with van der Waals surface area (Å²) < 4.78 is 5.52. The van der Waals surface area contributed by atoms with Crippen molar-refractivity contribution in [2.24, 2.45) is 0 Å². The molecule has 0 radical (unpaired) electrons. The quantitative estimate of drug-likeness (QED) is 0.459. The molecule has 4 rings (SSSR count). The maximum absolute atomic E-state index is 13.0. The number of hydrogen-bond acceptors (Lipinski definition) is 3. The molecule has 0 aliphatic heterocycles. The summed E-state index contributed by atoms with van der Waals surface area (Å²) in [6, 6.07) is 25.2. The molecule has 0 fully saturated rings. The molecule has 1 heterocycles. The predicted octanol–water partition coefficient (Wildman–Crippen LogP) is 5.13.